The van der Waals surface area contributed by atoms with Gasteiger partial charge in [-0.2, -0.15) is 0 Å². The van der Waals surface area contributed by atoms with E-state index in [1.54, 1.807) is 18.2 Å². The first-order chi connectivity index (χ1) is 13.5. The van der Waals surface area contributed by atoms with Crippen LogP contribution >= 0.6 is 12.4 Å². The summed E-state index contributed by atoms with van der Waals surface area (Å²) in [5.74, 6) is 0.125. The highest BCUT2D eigenvalue weighted by atomic mass is 35.5. The first-order valence-electron chi connectivity index (χ1n) is 9.81. The maximum Gasteiger partial charge on any atom is 0.228 e. The van der Waals surface area contributed by atoms with E-state index in [4.69, 9.17) is 0 Å². The van der Waals surface area contributed by atoms with Gasteiger partial charge in [0.05, 0.1) is 11.5 Å². The van der Waals surface area contributed by atoms with Crippen molar-refractivity contribution in [1.82, 2.24) is 5.32 Å². The summed E-state index contributed by atoms with van der Waals surface area (Å²) in [6.07, 6.45) is 3.08. The van der Waals surface area contributed by atoms with Gasteiger partial charge in [-0.3, -0.25) is 4.79 Å². The van der Waals surface area contributed by atoms with Gasteiger partial charge in [0.1, 0.15) is 0 Å². The van der Waals surface area contributed by atoms with Gasteiger partial charge in [0.15, 0.2) is 9.84 Å². The van der Waals surface area contributed by atoms with Gasteiger partial charge in [-0.15, -0.1) is 12.4 Å². The fraction of sp³-hybridized carbons (Fsp3) is 0.409. The Morgan fingerprint density at radius 1 is 1.00 bits per heavy atom. The SMILES string of the molecule is Cl.O=C(Nc1cccc(CS(=O)(=O)Cc2ccccc2)c1)C1CC12CCNCC2. The maximum absolute atomic E-state index is 12.6. The molecule has 2 aromatic carbocycles. The molecule has 5 nitrogen and oxygen atoms in total. The molecule has 1 spiro atoms. The molecule has 156 valence electrons. The number of anilines is 1. The molecule has 0 radical (unpaired) electrons. The van der Waals surface area contributed by atoms with Gasteiger partial charge < -0.3 is 10.6 Å². The van der Waals surface area contributed by atoms with Gasteiger partial charge in [0.25, 0.3) is 0 Å². The lowest BCUT2D eigenvalue weighted by molar-refractivity contribution is -0.118. The number of benzene rings is 2. The van der Waals surface area contributed by atoms with Crippen molar-refractivity contribution in [1.29, 1.82) is 0 Å². The first kappa shape index (κ1) is 21.8. The molecule has 1 atom stereocenters. The summed E-state index contributed by atoms with van der Waals surface area (Å²) < 4.78 is 25.1. The molecule has 1 unspecified atom stereocenters. The molecule has 4 rings (SSSR count). The third kappa shape index (κ3) is 5.38. The van der Waals surface area contributed by atoms with Crippen LogP contribution in [0.4, 0.5) is 5.69 Å². The smallest absolute Gasteiger partial charge is 0.228 e. The van der Waals surface area contributed by atoms with E-state index in [1.807, 2.05) is 36.4 Å². The molecule has 1 saturated carbocycles. The molecule has 2 N–H and O–H groups in total. The van der Waals surface area contributed by atoms with Crippen molar-refractivity contribution in [2.45, 2.75) is 30.8 Å². The Labute approximate surface area is 178 Å². The van der Waals surface area contributed by atoms with Crippen molar-refractivity contribution >= 4 is 33.8 Å². The van der Waals surface area contributed by atoms with Gasteiger partial charge >= 0.3 is 0 Å². The number of nitrogens with one attached hydrogen (secondary N) is 2. The molecule has 1 heterocycles. The highest BCUT2D eigenvalue weighted by molar-refractivity contribution is 7.89. The van der Waals surface area contributed by atoms with Gasteiger partial charge in [-0.1, -0.05) is 42.5 Å². The minimum absolute atomic E-state index is 0. The second kappa shape index (κ2) is 8.86. The molecule has 2 aromatic rings. The molecule has 1 aliphatic heterocycles. The zero-order valence-electron chi connectivity index (χ0n) is 16.3. The van der Waals surface area contributed by atoms with Gasteiger partial charge in [0.2, 0.25) is 5.91 Å². The second-order valence-corrected chi connectivity index (χ2v) is 10.1. The van der Waals surface area contributed by atoms with Crippen LogP contribution in [-0.4, -0.2) is 27.4 Å². The van der Waals surface area contributed by atoms with Crippen molar-refractivity contribution < 1.29 is 13.2 Å². The lowest BCUT2D eigenvalue weighted by Gasteiger charge is -2.23. The molecular formula is C22H27ClN2O3S. The number of carbonyl (C=O) groups excluding carboxylic acids is 1. The van der Waals surface area contributed by atoms with Gasteiger partial charge in [0, 0.05) is 11.6 Å². The number of halogens is 1. The van der Waals surface area contributed by atoms with Crippen LogP contribution in [0.5, 0.6) is 0 Å². The number of rotatable bonds is 6. The number of sulfone groups is 1. The third-order valence-electron chi connectivity index (χ3n) is 5.92. The molecular weight excluding hydrogens is 408 g/mol. The zero-order valence-corrected chi connectivity index (χ0v) is 17.9. The standard InChI is InChI=1S/C22H26N2O3S.ClH/c25-21(20-14-22(20)9-11-23-12-10-22)24-19-8-4-7-18(13-19)16-28(26,27)15-17-5-2-1-3-6-17;/h1-8,13,20,23H,9-12,14-16H2,(H,24,25);1H. The Kier molecular flexibility index (Phi) is 6.66. The Morgan fingerprint density at radius 3 is 2.38 bits per heavy atom. The molecule has 0 aromatic heterocycles. The van der Waals surface area contributed by atoms with E-state index in [-0.39, 0.29) is 41.2 Å². The van der Waals surface area contributed by atoms with E-state index in [1.165, 1.54) is 0 Å². The van der Waals surface area contributed by atoms with Crippen molar-refractivity contribution in [2.75, 3.05) is 18.4 Å². The van der Waals surface area contributed by atoms with Crippen molar-refractivity contribution in [3.8, 4) is 0 Å². The topological polar surface area (TPSA) is 75.3 Å². The van der Waals surface area contributed by atoms with E-state index < -0.39 is 9.84 Å². The normalized spacial score (nSPS) is 19.9. The van der Waals surface area contributed by atoms with Crippen molar-refractivity contribution in [3.05, 3.63) is 65.7 Å². The van der Waals surface area contributed by atoms with E-state index >= 15 is 0 Å². The van der Waals surface area contributed by atoms with Crippen LogP contribution in [0.15, 0.2) is 54.6 Å². The molecule has 2 fully saturated rings. The first-order valence-corrected chi connectivity index (χ1v) is 11.6. The Bertz CT molecular complexity index is 957. The van der Waals surface area contributed by atoms with Gasteiger partial charge in [-0.05, 0) is 61.0 Å². The van der Waals surface area contributed by atoms with Crippen molar-refractivity contribution in [2.24, 2.45) is 11.3 Å². The summed E-state index contributed by atoms with van der Waals surface area (Å²) in [6.45, 7) is 1.97. The predicted octanol–water partition coefficient (Wildman–Crippen LogP) is 3.55. The Balaban J connectivity index is 0.00000240. The van der Waals surface area contributed by atoms with Crippen LogP contribution in [0.3, 0.4) is 0 Å². The highest BCUT2D eigenvalue weighted by Gasteiger charge is 2.57. The zero-order chi connectivity index (χ0) is 19.6. The number of hydrogen-bond acceptors (Lipinski definition) is 4. The van der Waals surface area contributed by atoms with Crippen LogP contribution < -0.4 is 10.6 Å². The minimum Gasteiger partial charge on any atom is -0.326 e. The summed E-state index contributed by atoms with van der Waals surface area (Å²) in [5.41, 5.74) is 2.34. The number of piperidine rings is 1. The van der Waals surface area contributed by atoms with E-state index in [0.717, 1.165) is 37.9 Å². The van der Waals surface area contributed by atoms with Crippen LogP contribution in [0, 0.1) is 11.3 Å². The summed E-state index contributed by atoms with van der Waals surface area (Å²) in [7, 11) is -3.28. The fourth-order valence-electron chi connectivity index (χ4n) is 4.30. The number of carbonyl (C=O) groups is 1. The maximum atomic E-state index is 12.6. The number of hydrogen-bond donors (Lipinski definition) is 2. The summed E-state index contributed by atoms with van der Waals surface area (Å²) in [4.78, 5) is 12.6. The third-order valence-corrected chi connectivity index (χ3v) is 7.46. The quantitative estimate of drug-likeness (QED) is 0.729. The summed E-state index contributed by atoms with van der Waals surface area (Å²) in [5, 5.41) is 6.34. The van der Waals surface area contributed by atoms with E-state index in [9.17, 15) is 13.2 Å². The van der Waals surface area contributed by atoms with Crippen LogP contribution in [-0.2, 0) is 26.1 Å². The molecule has 0 bridgehead atoms. The summed E-state index contributed by atoms with van der Waals surface area (Å²) >= 11 is 0. The van der Waals surface area contributed by atoms with Crippen LogP contribution in [0.25, 0.3) is 0 Å². The second-order valence-electron chi connectivity index (χ2n) is 8.08. The lowest BCUT2D eigenvalue weighted by atomic mass is 9.92. The van der Waals surface area contributed by atoms with Gasteiger partial charge in [-0.25, -0.2) is 8.42 Å². The minimum atomic E-state index is -3.28. The average molecular weight is 435 g/mol. The largest absolute Gasteiger partial charge is 0.326 e. The molecule has 1 amide bonds. The average Bonchev–Trinajstić information content (AvgIpc) is 3.35. The van der Waals surface area contributed by atoms with Crippen molar-refractivity contribution in [3.63, 3.8) is 0 Å². The highest BCUT2D eigenvalue weighted by Crippen LogP contribution is 2.58. The molecule has 29 heavy (non-hydrogen) atoms. The predicted molar refractivity (Wildman–Crippen MR) is 118 cm³/mol. The van der Waals surface area contributed by atoms with E-state index in [2.05, 4.69) is 10.6 Å². The Morgan fingerprint density at radius 2 is 1.66 bits per heavy atom. The summed E-state index contributed by atoms with van der Waals surface area (Å²) in [6, 6.07) is 16.4. The molecule has 2 aliphatic rings. The van der Waals surface area contributed by atoms with E-state index in [0.29, 0.717) is 11.3 Å². The number of amides is 1. The lowest BCUT2D eigenvalue weighted by Crippen LogP contribution is -2.31. The van der Waals surface area contributed by atoms with Crippen LogP contribution in [0.1, 0.15) is 30.4 Å². The Hall–Kier alpha value is -1.89. The fourth-order valence-corrected chi connectivity index (χ4v) is 5.79. The monoisotopic (exact) mass is 434 g/mol. The molecule has 1 aliphatic carbocycles. The molecule has 7 heteroatoms. The molecule has 1 saturated heterocycles. The van der Waals surface area contributed by atoms with Crippen LogP contribution in [0.2, 0.25) is 0 Å².